The molecular weight excluding hydrogens is 286 g/mol. The Morgan fingerprint density at radius 3 is 2.55 bits per heavy atom. The molecule has 1 atom stereocenters. The first kappa shape index (κ1) is 14.4. The van der Waals surface area contributed by atoms with E-state index in [9.17, 15) is 18.0 Å². The second-order valence-corrected chi connectivity index (χ2v) is 6.69. The van der Waals surface area contributed by atoms with E-state index in [4.69, 9.17) is 0 Å². The molecule has 9 nitrogen and oxygen atoms in total. The molecule has 2 rings (SSSR count). The summed E-state index contributed by atoms with van der Waals surface area (Å²) in [5.74, 6) is -1.65. The third kappa shape index (κ3) is 3.13. The largest absolute Gasteiger partial charge is 0.331 e. The Balaban J connectivity index is 2.04. The second kappa shape index (κ2) is 5.57. The lowest BCUT2D eigenvalue weighted by Gasteiger charge is -2.25. The number of carbonyl (C=O) groups excluding carboxylic acids is 2. The molecule has 1 aliphatic heterocycles. The summed E-state index contributed by atoms with van der Waals surface area (Å²) in [7, 11) is -3.11. The molecule has 0 saturated carbocycles. The van der Waals surface area contributed by atoms with Crippen LogP contribution in [-0.2, 0) is 19.4 Å². The van der Waals surface area contributed by atoms with Gasteiger partial charge in [0.25, 0.3) is 0 Å². The van der Waals surface area contributed by atoms with Crippen LogP contribution in [0.15, 0.2) is 12.7 Å². The normalized spacial score (nSPS) is 20.6. The van der Waals surface area contributed by atoms with Crippen LogP contribution in [-0.4, -0.2) is 64.1 Å². The van der Waals surface area contributed by atoms with Gasteiger partial charge in [-0.05, 0) is 13.3 Å². The molecule has 2 amide bonds. The predicted molar refractivity (Wildman–Crippen MR) is 68.8 cm³/mol. The van der Waals surface area contributed by atoms with Crippen molar-refractivity contribution < 1.29 is 18.0 Å². The van der Waals surface area contributed by atoms with Gasteiger partial charge in [0.1, 0.15) is 12.7 Å². The van der Waals surface area contributed by atoms with E-state index in [1.807, 2.05) is 0 Å². The molecule has 10 heteroatoms. The van der Waals surface area contributed by atoms with Crippen molar-refractivity contribution in [2.45, 2.75) is 19.4 Å². The predicted octanol–water partition coefficient (Wildman–Crippen LogP) is -1.62. The van der Waals surface area contributed by atoms with E-state index in [1.54, 1.807) is 6.92 Å². The molecule has 0 radical (unpaired) electrons. The fourth-order valence-corrected chi connectivity index (χ4v) is 3.87. The third-order valence-electron chi connectivity index (χ3n) is 3.09. The molecule has 1 saturated heterocycles. The molecular formula is C10H15N5O4S. The van der Waals surface area contributed by atoms with E-state index in [1.165, 1.54) is 17.6 Å². The van der Waals surface area contributed by atoms with E-state index in [-0.39, 0.29) is 18.1 Å². The Morgan fingerprint density at radius 2 is 2.05 bits per heavy atom. The summed E-state index contributed by atoms with van der Waals surface area (Å²) in [4.78, 5) is 25.1. The minimum Gasteiger partial charge on any atom is -0.331 e. The van der Waals surface area contributed by atoms with Gasteiger partial charge in [0.05, 0.1) is 11.5 Å². The number of hydrogen-bond acceptors (Lipinski definition) is 6. The lowest BCUT2D eigenvalue weighted by Crippen LogP contribution is -2.47. The topological polar surface area (TPSA) is 114 Å². The summed E-state index contributed by atoms with van der Waals surface area (Å²) >= 11 is 0. The average Bonchev–Trinajstić information content (AvgIpc) is 3.00. The molecule has 1 unspecified atom stereocenters. The molecule has 110 valence electrons. The zero-order valence-electron chi connectivity index (χ0n) is 10.9. The highest BCUT2D eigenvalue weighted by molar-refractivity contribution is 7.91. The maximum absolute atomic E-state index is 12.1. The monoisotopic (exact) mass is 301 g/mol. The van der Waals surface area contributed by atoms with Crippen LogP contribution in [0, 0.1) is 0 Å². The van der Waals surface area contributed by atoms with Gasteiger partial charge in [-0.25, -0.2) is 13.1 Å². The van der Waals surface area contributed by atoms with Gasteiger partial charge in [0.15, 0.2) is 9.84 Å². The summed E-state index contributed by atoms with van der Waals surface area (Å²) < 4.78 is 24.1. The summed E-state index contributed by atoms with van der Waals surface area (Å²) in [6.45, 7) is 1.98. The van der Waals surface area contributed by atoms with Crippen molar-refractivity contribution in [3.8, 4) is 0 Å². The molecule has 0 aromatic carbocycles. The highest BCUT2D eigenvalue weighted by Gasteiger charge is 2.36. The van der Waals surface area contributed by atoms with Crippen LogP contribution in [0.5, 0.6) is 0 Å². The van der Waals surface area contributed by atoms with Crippen molar-refractivity contribution in [2.75, 3.05) is 23.5 Å². The van der Waals surface area contributed by atoms with Crippen molar-refractivity contribution >= 4 is 21.7 Å². The molecule has 2 heterocycles. The average molecular weight is 301 g/mol. The Hall–Kier alpha value is -1.97. The molecule has 1 N–H and O–H groups in total. The van der Waals surface area contributed by atoms with E-state index < -0.39 is 27.7 Å². The lowest BCUT2D eigenvalue weighted by molar-refractivity contribution is -0.144. The number of carbonyl (C=O) groups is 2. The number of aromatic nitrogens is 3. The number of nitrogens with one attached hydrogen (secondary N) is 1. The standard InChI is InChI=1S/C10H15N5O4S/c1-2-15(8-3-4-20(18,19)5-8)10(17)9(16)13-14-6-11-12-7-14/h6-8H,2-5H2,1H3,(H,13,16). The van der Waals surface area contributed by atoms with Gasteiger partial charge >= 0.3 is 11.8 Å². The van der Waals surface area contributed by atoms with Crippen molar-refractivity contribution in [3.05, 3.63) is 12.7 Å². The third-order valence-corrected chi connectivity index (χ3v) is 4.84. The van der Waals surface area contributed by atoms with E-state index in [0.717, 1.165) is 4.68 Å². The van der Waals surface area contributed by atoms with Crippen molar-refractivity contribution in [2.24, 2.45) is 0 Å². The zero-order valence-corrected chi connectivity index (χ0v) is 11.7. The summed E-state index contributed by atoms with van der Waals surface area (Å²) in [5.41, 5.74) is 2.29. The van der Waals surface area contributed by atoms with Gasteiger partial charge in [0, 0.05) is 12.6 Å². The summed E-state index contributed by atoms with van der Waals surface area (Å²) in [5, 5.41) is 6.98. The van der Waals surface area contributed by atoms with Crippen LogP contribution in [0.3, 0.4) is 0 Å². The zero-order chi connectivity index (χ0) is 14.8. The molecule has 1 aromatic rings. The number of hydrogen-bond donors (Lipinski definition) is 1. The lowest BCUT2D eigenvalue weighted by atomic mass is 10.2. The van der Waals surface area contributed by atoms with E-state index in [0.29, 0.717) is 6.42 Å². The van der Waals surface area contributed by atoms with Crippen LogP contribution in [0.25, 0.3) is 0 Å². The van der Waals surface area contributed by atoms with Crippen molar-refractivity contribution in [1.82, 2.24) is 19.8 Å². The SMILES string of the molecule is CCN(C(=O)C(=O)Nn1cnnc1)C1CCS(=O)(=O)C1. The number of rotatable bonds is 3. The van der Waals surface area contributed by atoms with Crippen LogP contribution in [0.2, 0.25) is 0 Å². The van der Waals surface area contributed by atoms with Crippen LogP contribution < -0.4 is 5.43 Å². The number of sulfone groups is 1. The summed E-state index contributed by atoms with van der Waals surface area (Å²) in [6, 6.07) is -0.441. The molecule has 0 bridgehead atoms. The van der Waals surface area contributed by atoms with Gasteiger partial charge < -0.3 is 4.90 Å². The quantitative estimate of drug-likeness (QED) is 0.671. The van der Waals surface area contributed by atoms with Gasteiger partial charge in [0.2, 0.25) is 0 Å². The molecule has 1 aromatic heterocycles. The smallest absolute Gasteiger partial charge is 0.328 e. The first-order valence-corrected chi connectivity index (χ1v) is 7.92. The Bertz CT molecular complexity index is 597. The number of nitrogens with zero attached hydrogens (tertiary/aromatic N) is 4. The van der Waals surface area contributed by atoms with Gasteiger partial charge in [-0.15, -0.1) is 10.2 Å². The minimum absolute atomic E-state index is 0.0501. The second-order valence-electron chi connectivity index (χ2n) is 4.46. The maximum atomic E-state index is 12.1. The highest BCUT2D eigenvalue weighted by atomic mass is 32.2. The Morgan fingerprint density at radius 1 is 1.40 bits per heavy atom. The highest BCUT2D eigenvalue weighted by Crippen LogP contribution is 2.17. The first-order valence-electron chi connectivity index (χ1n) is 6.10. The van der Waals surface area contributed by atoms with Crippen LogP contribution >= 0.6 is 0 Å². The molecule has 0 spiro atoms. The number of likely N-dealkylation sites (N-methyl/N-ethyl adjacent to an activating group) is 1. The van der Waals surface area contributed by atoms with Gasteiger partial charge in [-0.3, -0.25) is 15.0 Å². The fourth-order valence-electron chi connectivity index (χ4n) is 2.14. The van der Waals surface area contributed by atoms with E-state index in [2.05, 4.69) is 15.6 Å². The van der Waals surface area contributed by atoms with Crippen molar-refractivity contribution in [3.63, 3.8) is 0 Å². The van der Waals surface area contributed by atoms with Gasteiger partial charge in [-0.2, -0.15) is 0 Å². The maximum Gasteiger partial charge on any atom is 0.328 e. The van der Waals surface area contributed by atoms with Crippen LogP contribution in [0.1, 0.15) is 13.3 Å². The molecule has 1 fully saturated rings. The summed E-state index contributed by atoms with van der Waals surface area (Å²) in [6.07, 6.45) is 2.84. The molecule has 20 heavy (non-hydrogen) atoms. The fraction of sp³-hybridized carbons (Fsp3) is 0.600. The minimum atomic E-state index is -3.11. The van der Waals surface area contributed by atoms with Crippen LogP contribution in [0.4, 0.5) is 0 Å². The van der Waals surface area contributed by atoms with Crippen molar-refractivity contribution in [1.29, 1.82) is 0 Å². The van der Waals surface area contributed by atoms with E-state index >= 15 is 0 Å². The Kier molecular flexibility index (Phi) is 4.02. The molecule has 0 aliphatic carbocycles. The molecule has 1 aliphatic rings. The Labute approximate surface area is 115 Å². The number of amides is 2. The van der Waals surface area contributed by atoms with Gasteiger partial charge in [-0.1, -0.05) is 0 Å². The first-order chi connectivity index (χ1) is 9.43.